The number of nitrogens with zero attached hydrogens (tertiary/aromatic N) is 6. The molecule has 0 bridgehead atoms. The summed E-state index contributed by atoms with van der Waals surface area (Å²) in [5.74, 6) is 1.42. The molecule has 5 rings (SSSR count). The van der Waals surface area contributed by atoms with Crippen molar-refractivity contribution < 1.29 is 19.7 Å². The Bertz CT molecular complexity index is 1270. The van der Waals surface area contributed by atoms with Crippen LogP contribution in [-0.2, 0) is 4.74 Å². The number of fused-ring (bicyclic) bond motifs is 1. The lowest BCUT2D eigenvalue weighted by molar-refractivity contribution is -0.0279. The van der Waals surface area contributed by atoms with Crippen molar-refractivity contribution >= 4 is 23.1 Å². The van der Waals surface area contributed by atoms with Crippen LogP contribution in [0, 0.1) is 11.8 Å². The van der Waals surface area contributed by atoms with Crippen molar-refractivity contribution in [1.29, 1.82) is 0 Å². The average Bonchev–Trinajstić information content (AvgIpc) is 3.47. The Kier molecular flexibility index (Phi) is 6.91. The molecule has 4 heterocycles. The highest BCUT2D eigenvalue weighted by Gasteiger charge is 2.30. The number of amides is 1. The number of aromatic nitrogens is 5. The Labute approximate surface area is 216 Å². The number of carbonyl (C=O) groups excluding carboxylic acids is 1. The molecule has 2 aliphatic rings. The van der Waals surface area contributed by atoms with Gasteiger partial charge in [0.25, 0.3) is 12.3 Å². The van der Waals surface area contributed by atoms with E-state index >= 15 is 0 Å². The molecule has 0 radical (unpaired) electrons. The van der Waals surface area contributed by atoms with Crippen molar-refractivity contribution in [2.75, 3.05) is 29.9 Å². The molecule has 1 N–H and O–H groups in total. The summed E-state index contributed by atoms with van der Waals surface area (Å²) in [6.45, 7) is 10.4. The van der Waals surface area contributed by atoms with Crippen LogP contribution in [0.1, 0.15) is 83.3 Å². The van der Waals surface area contributed by atoms with Crippen LogP contribution in [0.25, 0.3) is 5.65 Å². The van der Waals surface area contributed by atoms with Crippen molar-refractivity contribution in [1.82, 2.24) is 24.4 Å². The number of rotatable bonds is 6. The van der Waals surface area contributed by atoms with Crippen molar-refractivity contribution in [3.63, 3.8) is 0 Å². The molecule has 1 saturated carbocycles. The highest BCUT2D eigenvalue weighted by atomic mass is 19.3. The van der Waals surface area contributed by atoms with E-state index < -0.39 is 18.0 Å². The highest BCUT2D eigenvalue weighted by molar-refractivity contribution is 6.08. The standard InChI is InChI=1S/C26H35F2N7O2.H2/c1-16(2)17-5-7-18(8-6-17)35-14-20(22(32-35)23(27)28)30-25(36)19-13-29-34-10-9-21(31-24(19)34)33-11-12-37-26(3,4)15-33;/h9-10,13-14,16-18,23H,5-8,11-12,15H2,1-4H3,(H,30,36);1H. The molecule has 2 fully saturated rings. The smallest absolute Gasteiger partial charge is 0.284 e. The van der Waals surface area contributed by atoms with Gasteiger partial charge in [-0.05, 0) is 57.4 Å². The summed E-state index contributed by atoms with van der Waals surface area (Å²) in [5, 5.41) is 11.1. The van der Waals surface area contributed by atoms with Crippen LogP contribution in [0.15, 0.2) is 24.7 Å². The summed E-state index contributed by atoms with van der Waals surface area (Å²) in [6, 6.07) is 1.90. The van der Waals surface area contributed by atoms with Gasteiger partial charge in [-0.3, -0.25) is 9.48 Å². The first kappa shape index (κ1) is 25.6. The second-order valence-electron chi connectivity index (χ2n) is 11.1. The Morgan fingerprint density at radius 2 is 2.00 bits per heavy atom. The lowest BCUT2D eigenvalue weighted by Gasteiger charge is -2.38. The van der Waals surface area contributed by atoms with Gasteiger partial charge < -0.3 is 15.0 Å². The van der Waals surface area contributed by atoms with E-state index in [1.807, 2.05) is 19.9 Å². The maximum atomic E-state index is 13.9. The number of nitrogens with one attached hydrogen (secondary N) is 1. The molecule has 9 nitrogen and oxygen atoms in total. The van der Waals surface area contributed by atoms with Gasteiger partial charge in [0.05, 0.1) is 30.1 Å². The first-order chi connectivity index (χ1) is 17.6. The van der Waals surface area contributed by atoms with Gasteiger partial charge >= 0.3 is 0 Å². The fraction of sp³-hybridized carbons (Fsp3) is 0.615. The molecule has 0 aromatic carbocycles. The zero-order valence-electron chi connectivity index (χ0n) is 21.8. The Morgan fingerprint density at radius 1 is 1.24 bits per heavy atom. The number of ether oxygens (including phenoxy) is 1. The van der Waals surface area contributed by atoms with Gasteiger partial charge in [-0.25, -0.2) is 18.3 Å². The molecule has 0 unspecified atom stereocenters. The van der Waals surface area contributed by atoms with Gasteiger partial charge in [-0.1, -0.05) is 13.8 Å². The lowest BCUT2D eigenvalue weighted by Crippen LogP contribution is -2.48. The van der Waals surface area contributed by atoms with Crippen molar-refractivity contribution in [3.05, 3.63) is 35.9 Å². The van der Waals surface area contributed by atoms with E-state index in [1.54, 1.807) is 17.1 Å². The number of hydrogen-bond donors (Lipinski definition) is 1. The van der Waals surface area contributed by atoms with E-state index in [0.717, 1.165) is 25.7 Å². The molecule has 1 amide bonds. The van der Waals surface area contributed by atoms with Crippen LogP contribution in [0.4, 0.5) is 20.3 Å². The summed E-state index contributed by atoms with van der Waals surface area (Å²) >= 11 is 0. The predicted octanol–water partition coefficient (Wildman–Crippen LogP) is 5.36. The largest absolute Gasteiger partial charge is 0.372 e. The Hall–Kier alpha value is -3.08. The summed E-state index contributed by atoms with van der Waals surface area (Å²) in [6.07, 6.45) is 5.76. The van der Waals surface area contributed by atoms with Crippen LogP contribution in [0.5, 0.6) is 0 Å². The minimum absolute atomic E-state index is 0. The second kappa shape index (κ2) is 10.00. The molecule has 0 spiro atoms. The number of anilines is 2. The summed E-state index contributed by atoms with van der Waals surface area (Å²) in [5.41, 5.74) is -0.139. The monoisotopic (exact) mass is 517 g/mol. The zero-order chi connectivity index (χ0) is 26.3. The summed E-state index contributed by atoms with van der Waals surface area (Å²) < 4.78 is 36.7. The van der Waals surface area contributed by atoms with Crippen LogP contribution in [-0.4, -0.2) is 55.6 Å². The van der Waals surface area contributed by atoms with E-state index in [2.05, 4.69) is 39.2 Å². The molecular formula is C26H37F2N7O2. The molecule has 1 saturated heterocycles. The third-order valence-electron chi connectivity index (χ3n) is 7.62. The van der Waals surface area contributed by atoms with Gasteiger partial charge in [0.2, 0.25) is 0 Å². The number of carbonyl (C=O) groups is 1. The molecule has 3 aromatic rings. The van der Waals surface area contributed by atoms with E-state index in [4.69, 9.17) is 4.74 Å². The zero-order valence-corrected chi connectivity index (χ0v) is 21.8. The fourth-order valence-electron chi connectivity index (χ4n) is 5.48. The average molecular weight is 518 g/mol. The van der Waals surface area contributed by atoms with E-state index in [0.29, 0.717) is 43.0 Å². The molecule has 37 heavy (non-hydrogen) atoms. The van der Waals surface area contributed by atoms with Crippen LogP contribution < -0.4 is 10.2 Å². The van der Waals surface area contributed by atoms with Crippen LogP contribution in [0.2, 0.25) is 0 Å². The fourth-order valence-corrected chi connectivity index (χ4v) is 5.48. The normalized spacial score (nSPS) is 22.2. The van der Waals surface area contributed by atoms with Gasteiger partial charge in [-0.2, -0.15) is 10.2 Å². The quantitative estimate of drug-likeness (QED) is 0.473. The predicted molar refractivity (Wildman–Crippen MR) is 138 cm³/mol. The second-order valence-corrected chi connectivity index (χ2v) is 11.1. The maximum Gasteiger partial charge on any atom is 0.284 e. The molecular weight excluding hydrogens is 480 g/mol. The van der Waals surface area contributed by atoms with Gasteiger partial charge in [0.15, 0.2) is 11.3 Å². The topological polar surface area (TPSA) is 89.6 Å². The Balaban J connectivity index is 0.00000336. The number of halogens is 2. The van der Waals surface area contributed by atoms with Gasteiger partial charge in [0, 0.05) is 26.9 Å². The van der Waals surface area contributed by atoms with Crippen molar-refractivity contribution in [3.8, 4) is 0 Å². The van der Waals surface area contributed by atoms with Gasteiger partial charge in [0.1, 0.15) is 11.4 Å². The van der Waals surface area contributed by atoms with E-state index in [-0.39, 0.29) is 24.3 Å². The highest BCUT2D eigenvalue weighted by Crippen LogP contribution is 2.37. The first-order valence-corrected chi connectivity index (χ1v) is 13.0. The third kappa shape index (κ3) is 5.32. The number of morpholine rings is 1. The summed E-state index contributed by atoms with van der Waals surface area (Å²) in [4.78, 5) is 20.0. The third-order valence-corrected chi connectivity index (χ3v) is 7.62. The molecule has 11 heteroatoms. The molecule has 1 aliphatic heterocycles. The minimum Gasteiger partial charge on any atom is -0.372 e. The van der Waals surface area contributed by atoms with Crippen LogP contribution >= 0.6 is 0 Å². The maximum absolute atomic E-state index is 13.9. The molecule has 202 valence electrons. The molecule has 3 aromatic heterocycles. The minimum atomic E-state index is -2.80. The number of hydrogen-bond acceptors (Lipinski definition) is 6. The molecule has 0 atom stereocenters. The van der Waals surface area contributed by atoms with E-state index in [1.165, 1.54) is 10.7 Å². The lowest BCUT2D eigenvalue weighted by atomic mass is 9.80. The SMILES string of the molecule is CC(C)C1CCC(n2cc(NC(=O)c3cnn4ccc(N5CCOC(C)(C)C5)nc34)c(C(F)F)n2)CC1.[HH]. The molecule has 1 aliphatic carbocycles. The summed E-state index contributed by atoms with van der Waals surface area (Å²) in [7, 11) is 0. The van der Waals surface area contributed by atoms with Crippen molar-refractivity contribution in [2.24, 2.45) is 11.8 Å². The van der Waals surface area contributed by atoms with E-state index in [9.17, 15) is 13.6 Å². The Morgan fingerprint density at radius 3 is 2.68 bits per heavy atom. The first-order valence-electron chi connectivity index (χ1n) is 13.0. The van der Waals surface area contributed by atoms with Crippen LogP contribution in [0.3, 0.4) is 0 Å². The van der Waals surface area contributed by atoms with Gasteiger partial charge in [-0.15, -0.1) is 0 Å². The van der Waals surface area contributed by atoms with Crippen molar-refractivity contribution in [2.45, 2.75) is 71.4 Å². The number of alkyl halides is 2.